The predicted molar refractivity (Wildman–Crippen MR) is 154 cm³/mol. The molecule has 0 bridgehead atoms. The first-order chi connectivity index (χ1) is 19.9. The van der Waals surface area contributed by atoms with E-state index in [4.69, 9.17) is 27.4 Å². The first kappa shape index (κ1) is 31.2. The number of nitrogen functional groups attached to an aromatic ring is 2. The zero-order valence-corrected chi connectivity index (χ0v) is 22.3. The average Bonchev–Trinajstić information content (AvgIpc) is 2.93. The normalized spacial score (nSPS) is 10.4. The van der Waals surface area contributed by atoms with Crippen LogP contribution in [0.3, 0.4) is 0 Å². The second-order valence-corrected chi connectivity index (χ2v) is 9.02. The van der Waals surface area contributed by atoms with Gasteiger partial charge in [-0.15, -0.1) is 0 Å². The number of amides is 1. The minimum Gasteiger partial charge on any atom is -0.481 e. The number of fused-ring (bicyclic) bond motifs is 1. The predicted octanol–water partition coefficient (Wildman–Crippen LogP) is -0.104. The van der Waals surface area contributed by atoms with Crippen LogP contribution in [0, 0.1) is 0 Å². The van der Waals surface area contributed by atoms with Crippen molar-refractivity contribution in [2.45, 2.75) is 32.4 Å². The van der Waals surface area contributed by atoms with Crippen molar-refractivity contribution in [3.8, 4) is 0 Å². The van der Waals surface area contributed by atoms with Crippen molar-refractivity contribution < 1.29 is 34.6 Å². The molecule has 0 aliphatic carbocycles. The maximum absolute atomic E-state index is 11.4. The molecule has 15 nitrogen and oxygen atoms in total. The number of anilines is 3. The Morgan fingerprint density at radius 1 is 0.833 bits per heavy atom. The van der Waals surface area contributed by atoms with E-state index in [9.17, 15) is 24.4 Å². The number of carboxylic acid groups (broad SMARTS) is 2. The number of carbonyl (C=O) groups is 3. The number of benzene rings is 2. The van der Waals surface area contributed by atoms with Gasteiger partial charge in [0.05, 0.1) is 18.4 Å². The summed E-state index contributed by atoms with van der Waals surface area (Å²) in [5, 5.41) is 34.7. The zero-order chi connectivity index (χ0) is 30.8. The van der Waals surface area contributed by atoms with Crippen molar-refractivity contribution in [2.24, 2.45) is 5.73 Å². The van der Waals surface area contributed by atoms with Crippen LogP contribution in [0.1, 0.15) is 40.9 Å². The third-order valence-corrected chi connectivity index (χ3v) is 5.80. The summed E-state index contributed by atoms with van der Waals surface area (Å²) in [6.07, 6.45) is 1.67. The lowest BCUT2D eigenvalue weighted by Gasteiger charge is -2.25. The van der Waals surface area contributed by atoms with E-state index in [2.05, 4.69) is 19.9 Å². The lowest BCUT2D eigenvalue weighted by atomic mass is 9.80. The number of hydrogen-bond acceptors (Lipinski definition) is 12. The van der Waals surface area contributed by atoms with Crippen molar-refractivity contribution >= 4 is 59.0 Å². The fraction of sp³-hybridized carbons (Fsp3) is 0.192. The molecule has 0 aliphatic heterocycles. The smallest absolute Gasteiger partial charge is 0.481 e. The molecule has 0 saturated heterocycles. The minimum absolute atomic E-state index is 0.0228. The summed E-state index contributed by atoms with van der Waals surface area (Å²) >= 11 is 0. The molecule has 218 valence electrons. The van der Waals surface area contributed by atoms with Gasteiger partial charge < -0.3 is 42.4 Å². The van der Waals surface area contributed by atoms with E-state index in [0.29, 0.717) is 41.0 Å². The molecule has 2 aromatic heterocycles. The molecule has 10 N–H and O–H groups in total. The molecular weight excluding hydrogens is 547 g/mol. The Labute approximate surface area is 239 Å². The van der Waals surface area contributed by atoms with E-state index in [1.54, 1.807) is 54.7 Å². The standard InChI is InChI=1S/C21H21BN8O3.C5H8O4/c23-18-17-20(29-21(25)28-18)26-9-15(27-17)11-30(16-7-3-13(4-8-16)19(24)31)10-12-1-5-14(6-2-12)22(32)33;6-4(7)2-1-3-5(8)9/h1-9,32-33H,10-11H2,(H2,24,31)(H4,23,25,26,28,29);1-3H2,(H,6,7)(H,8,9). The molecule has 1 amide bonds. The minimum atomic E-state index is -1.54. The van der Waals surface area contributed by atoms with E-state index >= 15 is 0 Å². The molecule has 0 spiro atoms. The summed E-state index contributed by atoms with van der Waals surface area (Å²) in [6, 6.07) is 13.8. The first-order valence-electron chi connectivity index (χ1n) is 12.5. The maximum Gasteiger partial charge on any atom is 0.488 e. The van der Waals surface area contributed by atoms with Gasteiger partial charge >= 0.3 is 19.1 Å². The lowest BCUT2D eigenvalue weighted by Crippen LogP contribution is -2.30. The van der Waals surface area contributed by atoms with Crippen LogP contribution >= 0.6 is 0 Å². The number of rotatable bonds is 11. The SMILES string of the molecule is NC(=O)c1ccc(N(Cc2ccc(B(O)O)cc2)Cc2cnc3nc(N)nc(N)c3n2)cc1.O=C(O)CCCC(=O)O. The van der Waals surface area contributed by atoms with Gasteiger partial charge in [0, 0.05) is 30.6 Å². The van der Waals surface area contributed by atoms with Crippen molar-refractivity contribution in [3.05, 3.63) is 71.5 Å². The Bertz CT molecular complexity index is 1540. The van der Waals surface area contributed by atoms with Crippen molar-refractivity contribution in [2.75, 3.05) is 16.4 Å². The van der Waals surface area contributed by atoms with Gasteiger partial charge in [-0.3, -0.25) is 14.4 Å². The number of hydrogen-bond donors (Lipinski definition) is 7. The molecule has 0 aliphatic rings. The molecule has 4 aromatic rings. The summed E-state index contributed by atoms with van der Waals surface area (Å²) in [7, 11) is -1.54. The number of aromatic nitrogens is 4. The second-order valence-electron chi connectivity index (χ2n) is 9.02. The number of nitrogens with zero attached hydrogens (tertiary/aromatic N) is 5. The van der Waals surface area contributed by atoms with E-state index in [-0.39, 0.29) is 31.0 Å². The molecule has 0 unspecified atom stereocenters. The highest BCUT2D eigenvalue weighted by molar-refractivity contribution is 6.58. The van der Waals surface area contributed by atoms with E-state index < -0.39 is 25.0 Å². The topological polar surface area (TPSA) is 265 Å². The number of aliphatic carboxylic acids is 2. The molecule has 0 fully saturated rings. The third-order valence-electron chi connectivity index (χ3n) is 5.80. The molecule has 0 radical (unpaired) electrons. The van der Waals surface area contributed by atoms with Crippen LogP contribution in [0.4, 0.5) is 17.5 Å². The van der Waals surface area contributed by atoms with Crippen LogP contribution in [0.5, 0.6) is 0 Å². The van der Waals surface area contributed by atoms with Gasteiger partial charge in [0.25, 0.3) is 0 Å². The Hall–Kier alpha value is -5.35. The summed E-state index contributed by atoms with van der Waals surface area (Å²) in [5.41, 5.74) is 20.7. The van der Waals surface area contributed by atoms with Gasteiger partial charge in [0.1, 0.15) is 0 Å². The largest absolute Gasteiger partial charge is 0.488 e. The quantitative estimate of drug-likeness (QED) is 0.115. The van der Waals surface area contributed by atoms with Crippen molar-refractivity contribution in [3.63, 3.8) is 0 Å². The Morgan fingerprint density at radius 3 is 2.00 bits per heavy atom. The van der Waals surface area contributed by atoms with E-state index in [1.165, 1.54) is 0 Å². The maximum atomic E-state index is 11.4. The summed E-state index contributed by atoms with van der Waals surface area (Å²) < 4.78 is 0. The summed E-state index contributed by atoms with van der Waals surface area (Å²) in [5.74, 6) is -2.24. The molecular formula is C26H29BN8O7. The highest BCUT2D eigenvalue weighted by Gasteiger charge is 2.15. The molecule has 42 heavy (non-hydrogen) atoms. The van der Waals surface area contributed by atoms with Crippen LogP contribution < -0.4 is 27.6 Å². The number of carboxylic acids is 2. The monoisotopic (exact) mass is 576 g/mol. The third kappa shape index (κ3) is 9.11. The molecule has 4 rings (SSSR count). The number of nitrogens with two attached hydrogens (primary N) is 3. The van der Waals surface area contributed by atoms with Crippen molar-refractivity contribution in [1.29, 1.82) is 0 Å². The fourth-order valence-electron chi connectivity index (χ4n) is 3.74. The van der Waals surface area contributed by atoms with Crippen LogP contribution in [0.15, 0.2) is 54.7 Å². The Kier molecular flexibility index (Phi) is 10.6. The second kappa shape index (κ2) is 14.3. The molecule has 0 atom stereocenters. The van der Waals surface area contributed by atoms with Crippen LogP contribution in [0.25, 0.3) is 11.2 Å². The fourth-order valence-corrected chi connectivity index (χ4v) is 3.74. The molecule has 2 heterocycles. The van der Waals surface area contributed by atoms with Crippen LogP contribution in [-0.4, -0.2) is 65.2 Å². The molecule has 2 aromatic carbocycles. The van der Waals surface area contributed by atoms with Gasteiger partial charge in [0.2, 0.25) is 11.9 Å². The van der Waals surface area contributed by atoms with Crippen LogP contribution in [0.2, 0.25) is 0 Å². The van der Waals surface area contributed by atoms with E-state index in [1.807, 2.05) is 4.90 Å². The first-order valence-corrected chi connectivity index (χ1v) is 12.5. The highest BCUT2D eigenvalue weighted by Crippen LogP contribution is 2.22. The Morgan fingerprint density at radius 2 is 1.45 bits per heavy atom. The van der Waals surface area contributed by atoms with Gasteiger partial charge in [-0.25, -0.2) is 9.97 Å². The average molecular weight is 576 g/mol. The van der Waals surface area contributed by atoms with Gasteiger partial charge in [-0.2, -0.15) is 9.97 Å². The van der Waals surface area contributed by atoms with Crippen molar-refractivity contribution in [1.82, 2.24) is 19.9 Å². The number of primary amides is 1. The van der Waals surface area contributed by atoms with Gasteiger partial charge in [-0.1, -0.05) is 24.3 Å². The summed E-state index contributed by atoms with van der Waals surface area (Å²) in [4.78, 5) is 49.9. The van der Waals surface area contributed by atoms with Gasteiger partial charge in [0.15, 0.2) is 17.0 Å². The molecule has 0 saturated carbocycles. The Balaban J connectivity index is 0.000000467. The highest BCUT2D eigenvalue weighted by atomic mass is 16.4. The lowest BCUT2D eigenvalue weighted by molar-refractivity contribution is -0.138. The summed E-state index contributed by atoms with van der Waals surface area (Å²) in [6.45, 7) is 0.818. The van der Waals surface area contributed by atoms with E-state index in [0.717, 1.165) is 11.3 Å². The van der Waals surface area contributed by atoms with Gasteiger partial charge in [-0.05, 0) is 41.7 Å². The number of carbonyl (C=O) groups excluding carboxylic acids is 1. The molecule has 16 heteroatoms. The van der Waals surface area contributed by atoms with Crippen LogP contribution in [-0.2, 0) is 22.7 Å². The zero-order valence-electron chi connectivity index (χ0n) is 22.3.